The van der Waals surface area contributed by atoms with Crippen LogP contribution in [0.4, 0.5) is 0 Å². The third-order valence-corrected chi connectivity index (χ3v) is 6.34. The van der Waals surface area contributed by atoms with Gasteiger partial charge >= 0.3 is 0 Å². The normalized spacial score (nSPS) is 16.6. The zero-order valence-electron chi connectivity index (χ0n) is 21.9. The van der Waals surface area contributed by atoms with E-state index in [1.165, 1.54) is 12.0 Å². The van der Waals surface area contributed by atoms with Crippen molar-refractivity contribution >= 4 is 17.4 Å². The number of carbonyl (C=O) groups is 2. The number of amides is 1. The number of imidazole rings is 1. The predicted octanol–water partition coefficient (Wildman–Crippen LogP) is 2.81. The van der Waals surface area contributed by atoms with Gasteiger partial charge in [0, 0.05) is 18.5 Å². The Balaban J connectivity index is 1.74. The molecule has 3 aromatic rings. The highest BCUT2D eigenvalue weighted by molar-refractivity contribution is 6.46. The molecule has 2 heterocycles. The minimum absolute atomic E-state index is 0.0715. The smallest absolute Gasteiger partial charge is 0.295 e. The zero-order chi connectivity index (χ0) is 27.1. The lowest BCUT2D eigenvalue weighted by molar-refractivity contribution is -0.695. The molecule has 4 rings (SSSR count). The Morgan fingerprint density at radius 1 is 1.08 bits per heavy atom. The van der Waals surface area contributed by atoms with Crippen LogP contribution in [0.15, 0.2) is 66.8 Å². The first kappa shape index (κ1) is 26.8. The number of likely N-dealkylation sites (tertiary alicyclic amines) is 1. The molecule has 2 aromatic carbocycles. The summed E-state index contributed by atoms with van der Waals surface area (Å²) in [5.41, 5.74) is 0.848. The molecule has 1 unspecified atom stereocenters. The Kier molecular flexibility index (Phi) is 8.68. The molecule has 0 aliphatic carbocycles. The van der Waals surface area contributed by atoms with Crippen molar-refractivity contribution in [3.05, 3.63) is 77.9 Å². The second-order valence-corrected chi connectivity index (χ2v) is 8.89. The summed E-state index contributed by atoms with van der Waals surface area (Å²) in [6, 6.07) is 11.0. The number of hydrogen-bond donors (Lipinski definition) is 1. The van der Waals surface area contributed by atoms with E-state index in [4.69, 9.17) is 14.2 Å². The van der Waals surface area contributed by atoms with Gasteiger partial charge in [0.05, 0.1) is 32.9 Å². The first-order chi connectivity index (χ1) is 18.5. The van der Waals surface area contributed by atoms with Gasteiger partial charge in [-0.05, 0) is 48.7 Å². The maximum absolute atomic E-state index is 13.7. The van der Waals surface area contributed by atoms with Crippen LogP contribution >= 0.6 is 0 Å². The summed E-state index contributed by atoms with van der Waals surface area (Å²) in [6.07, 6.45) is 6.95. The van der Waals surface area contributed by atoms with Gasteiger partial charge in [0.1, 0.15) is 18.1 Å². The van der Waals surface area contributed by atoms with Gasteiger partial charge in [-0.15, -0.1) is 0 Å². The molecule has 200 valence electrons. The van der Waals surface area contributed by atoms with Crippen LogP contribution in [0.3, 0.4) is 0 Å². The molecule has 38 heavy (non-hydrogen) atoms. The van der Waals surface area contributed by atoms with Crippen LogP contribution in [0.2, 0.25) is 0 Å². The molecule has 1 atom stereocenters. The Hall–Kier alpha value is -4.27. The quantitative estimate of drug-likeness (QED) is 0.171. The molecule has 1 aliphatic rings. The highest BCUT2D eigenvalue weighted by atomic mass is 16.5. The molecule has 1 saturated heterocycles. The van der Waals surface area contributed by atoms with Gasteiger partial charge in [0.15, 0.2) is 11.5 Å². The molecule has 9 heteroatoms. The van der Waals surface area contributed by atoms with Crippen LogP contribution in [-0.4, -0.2) is 48.4 Å². The first-order valence-electron chi connectivity index (χ1n) is 12.8. The van der Waals surface area contributed by atoms with Gasteiger partial charge in [-0.2, -0.15) is 0 Å². The van der Waals surface area contributed by atoms with E-state index in [9.17, 15) is 14.7 Å². The lowest BCUT2D eigenvalue weighted by atomic mass is 9.95. The van der Waals surface area contributed by atoms with E-state index in [2.05, 4.69) is 4.98 Å². The summed E-state index contributed by atoms with van der Waals surface area (Å²) in [7, 11) is 1.53. The first-order valence-corrected chi connectivity index (χ1v) is 12.8. The second-order valence-electron chi connectivity index (χ2n) is 8.89. The van der Waals surface area contributed by atoms with Crippen LogP contribution in [0, 0.1) is 0 Å². The number of methoxy groups -OCH3 is 1. The van der Waals surface area contributed by atoms with Crippen LogP contribution in [0.25, 0.3) is 5.76 Å². The molecule has 0 radical (unpaired) electrons. The molecule has 9 nitrogen and oxygen atoms in total. The lowest BCUT2D eigenvalue weighted by Crippen LogP contribution is -2.36. The van der Waals surface area contributed by atoms with Gasteiger partial charge in [-0.3, -0.25) is 14.6 Å². The Morgan fingerprint density at radius 3 is 2.53 bits per heavy atom. The number of ketones is 1. The fraction of sp³-hybridized carbons (Fsp3) is 0.345. The maximum atomic E-state index is 13.7. The number of benzene rings is 2. The number of nitrogens with one attached hydrogen (secondary N) is 1. The number of nitrogens with zero attached hydrogens (tertiary/aromatic N) is 2. The van der Waals surface area contributed by atoms with E-state index in [0.717, 1.165) is 6.42 Å². The number of aryl methyl sites for hydroxylation is 1. The van der Waals surface area contributed by atoms with Crippen molar-refractivity contribution in [2.24, 2.45) is 0 Å². The van der Waals surface area contributed by atoms with Crippen LogP contribution in [-0.2, 0) is 16.1 Å². The summed E-state index contributed by atoms with van der Waals surface area (Å²) < 4.78 is 18.8. The number of H-pyrrole nitrogens is 1. The van der Waals surface area contributed by atoms with Gasteiger partial charge < -0.3 is 24.2 Å². The molecule has 1 amide bonds. The molecule has 0 spiro atoms. The second kappa shape index (κ2) is 12.3. The molecule has 0 saturated carbocycles. The number of ether oxygens (including phenoxy) is 3. The highest BCUT2D eigenvalue weighted by Crippen LogP contribution is 2.41. The van der Waals surface area contributed by atoms with Crippen molar-refractivity contribution in [1.29, 1.82) is 0 Å². The van der Waals surface area contributed by atoms with E-state index in [1.807, 2.05) is 37.1 Å². The number of carbonyl (C=O) groups excluding carboxylic acids is 2. The van der Waals surface area contributed by atoms with E-state index in [0.29, 0.717) is 61.1 Å². The number of rotatable bonds is 12. The molecule has 1 fully saturated rings. The molecule has 0 bridgehead atoms. The molecular formula is C29H33N3O6. The topological polar surface area (TPSA) is 108 Å². The minimum Gasteiger partial charge on any atom is -0.872 e. The van der Waals surface area contributed by atoms with Gasteiger partial charge in [-0.25, -0.2) is 4.57 Å². The predicted molar refractivity (Wildman–Crippen MR) is 138 cm³/mol. The Labute approximate surface area is 222 Å². The summed E-state index contributed by atoms with van der Waals surface area (Å²) in [5, 5.41) is 13.7. The number of hydrogen-bond acceptors (Lipinski definition) is 6. The number of aromatic amines is 1. The highest BCUT2D eigenvalue weighted by Gasteiger charge is 2.44. The summed E-state index contributed by atoms with van der Waals surface area (Å²) in [5.74, 6) is -0.302. The van der Waals surface area contributed by atoms with E-state index >= 15 is 0 Å². The SMILES string of the molecule is CCCOc1ccc(C2/C(=C(\[O-])c3ccc(OCC)cc3)C(=O)C(=O)N2CCC[n+]2cc[nH]c2)cc1OC. The van der Waals surface area contributed by atoms with Crippen molar-refractivity contribution in [3.8, 4) is 17.2 Å². The lowest BCUT2D eigenvalue weighted by Gasteiger charge is -2.28. The van der Waals surface area contributed by atoms with Crippen LogP contribution in [0.1, 0.15) is 43.9 Å². The molecule has 1 aliphatic heterocycles. The van der Waals surface area contributed by atoms with E-state index < -0.39 is 23.5 Å². The fourth-order valence-corrected chi connectivity index (χ4v) is 4.54. The molecule has 1 aromatic heterocycles. The van der Waals surface area contributed by atoms with Crippen molar-refractivity contribution in [2.75, 3.05) is 26.9 Å². The van der Waals surface area contributed by atoms with Crippen molar-refractivity contribution in [3.63, 3.8) is 0 Å². The average Bonchev–Trinajstić information content (AvgIpc) is 3.54. The third-order valence-electron chi connectivity index (χ3n) is 6.34. The van der Waals surface area contributed by atoms with E-state index in [-0.39, 0.29) is 5.57 Å². The fourth-order valence-electron chi connectivity index (χ4n) is 4.54. The van der Waals surface area contributed by atoms with Gasteiger partial charge in [-0.1, -0.05) is 30.9 Å². The van der Waals surface area contributed by atoms with Crippen LogP contribution < -0.4 is 23.9 Å². The summed E-state index contributed by atoms with van der Waals surface area (Å²) >= 11 is 0. The average molecular weight is 520 g/mol. The van der Waals surface area contributed by atoms with E-state index in [1.54, 1.807) is 42.5 Å². The van der Waals surface area contributed by atoms with Crippen molar-refractivity contribution in [1.82, 2.24) is 9.88 Å². The Bertz CT molecular complexity index is 1280. The van der Waals surface area contributed by atoms with Crippen molar-refractivity contribution in [2.45, 2.75) is 39.3 Å². The maximum Gasteiger partial charge on any atom is 0.295 e. The van der Waals surface area contributed by atoms with Gasteiger partial charge in [0.2, 0.25) is 12.1 Å². The summed E-state index contributed by atoms with van der Waals surface area (Å²) in [4.78, 5) is 31.0. The Morgan fingerprint density at radius 2 is 1.87 bits per heavy atom. The van der Waals surface area contributed by atoms with Gasteiger partial charge in [0.25, 0.3) is 5.91 Å². The zero-order valence-corrected chi connectivity index (χ0v) is 21.9. The monoisotopic (exact) mass is 519 g/mol. The minimum atomic E-state index is -0.848. The third kappa shape index (κ3) is 5.66. The largest absolute Gasteiger partial charge is 0.872 e. The number of Topliss-reactive ketones (excluding diaryl/α,β-unsaturated/α-hetero) is 1. The number of aromatic nitrogens is 2. The standard InChI is InChI=1S/C29H33N3O6/c1-4-17-38-23-12-9-21(18-24(23)36-3)26-25(27(33)20-7-10-22(11-8-20)37-5-2)28(34)29(35)32(26)15-6-14-31-16-13-30-19-31/h7-13,16,18-19,26H,4-6,14-15,17H2,1-3H3,(H,33,34). The summed E-state index contributed by atoms with van der Waals surface area (Å²) in [6.45, 7) is 5.84. The molecule has 1 N–H and O–H groups in total. The van der Waals surface area contributed by atoms with Crippen LogP contribution in [0.5, 0.6) is 17.2 Å². The molecular weight excluding hydrogens is 486 g/mol. The van der Waals surface area contributed by atoms with Crippen molar-refractivity contribution < 1.29 is 33.5 Å².